The molecule has 0 bridgehead atoms. The molecule has 0 N–H and O–H groups in total. The number of methoxy groups -OCH3 is 1. The van der Waals surface area contributed by atoms with Gasteiger partial charge in [-0.05, 0) is 18.5 Å². The van der Waals surface area contributed by atoms with Crippen LogP contribution in [0.25, 0.3) is 0 Å². The molecule has 0 radical (unpaired) electrons. The van der Waals surface area contributed by atoms with Crippen molar-refractivity contribution < 1.29 is 4.74 Å². The molecule has 1 atom stereocenters. The van der Waals surface area contributed by atoms with Crippen LogP contribution in [0.2, 0.25) is 0 Å². The first kappa shape index (κ1) is 10.1. The molecule has 0 saturated carbocycles. The Morgan fingerprint density at radius 3 is 2.92 bits per heavy atom. The van der Waals surface area contributed by atoms with Crippen LogP contribution in [0, 0.1) is 6.92 Å². The van der Waals surface area contributed by atoms with E-state index in [4.69, 9.17) is 4.74 Å². The van der Waals surface area contributed by atoms with E-state index in [0.29, 0.717) is 11.4 Å². The molecule has 1 aromatic heterocycles. The third-order valence-corrected chi connectivity index (χ3v) is 2.73. The number of aryl methyl sites for hydroxylation is 1. The third kappa shape index (κ3) is 3.16. The maximum absolute atomic E-state index is 4.99. The van der Waals surface area contributed by atoms with Gasteiger partial charge in [0.1, 0.15) is 10.8 Å². The minimum Gasteiger partial charge on any atom is -0.384 e. The van der Waals surface area contributed by atoms with E-state index in [9.17, 15) is 0 Å². The second-order valence-electron chi connectivity index (χ2n) is 2.49. The first-order chi connectivity index (χ1) is 5.72. The van der Waals surface area contributed by atoms with Gasteiger partial charge in [0.2, 0.25) is 0 Å². The van der Waals surface area contributed by atoms with E-state index < -0.39 is 0 Å². The molecule has 3 nitrogen and oxygen atoms in total. The number of halogens is 1. The van der Waals surface area contributed by atoms with Crippen molar-refractivity contribution in [2.75, 3.05) is 13.7 Å². The van der Waals surface area contributed by atoms with Gasteiger partial charge < -0.3 is 4.74 Å². The highest BCUT2D eigenvalue weighted by Gasteiger charge is 2.08. The summed E-state index contributed by atoms with van der Waals surface area (Å²) in [7, 11) is 1.69. The van der Waals surface area contributed by atoms with Crippen molar-refractivity contribution in [3.8, 4) is 0 Å². The fraction of sp³-hybridized carbons (Fsp3) is 0.714. The van der Waals surface area contributed by atoms with E-state index in [-0.39, 0.29) is 0 Å². The normalized spacial score (nSPS) is 13.2. The molecule has 68 valence electrons. The zero-order valence-electron chi connectivity index (χ0n) is 7.08. The second kappa shape index (κ2) is 4.89. The van der Waals surface area contributed by atoms with Gasteiger partial charge in [-0.3, -0.25) is 0 Å². The van der Waals surface area contributed by atoms with Crippen LogP contribution in [0.1, 0.15) is 10.8 Å². The highest BCUT2D eigenvalue weighted by atomic mass is 79.9. The minimum atomic E-state index is 0.342. The number of rotatable bonds is 4. The van der Waals surface area contributed by atoms with Gasteiger partial charge in [-0.2, -0.15) is 4.37 Å². The molecule has 12 heavy (non-hydrogen) atoms. The lowest BCUT2D eigenvalue weighted by Gasteiger charge is -2.04. The molecular weight excluding hydrogens is 240 g/mol. The zero-order valence-corrected chi connectivity index (χ0v) is 9.48. The van der Waals surface area contributed by atoms with Crippen molar-refractivity contribution in [2.45, 2.75) is 18.2 Å². The number of hydrogen-bond donors (Lipinski definition) is 0. The summed E-state index contributed by atoms with van der Waals surface area (Å²) >= 11 is 4.95. The summed E-state index contributed by atoms with van der Waals surface area (Å²) in [6, 6.07) is 0. The van der Waals surface area contributed by atoms with E-state index in [1.807, 2.05) is 6.92 Å². The molecule has 0 fully saturated rings. The highest BCUT2D eigenvalue weighted by Crippen LogP contribution is 2.12. The number of hydrogen-bond acceptors (Lipinski definition) is 4. The lowest BCUT2D eigenvalue weighted by molar-refractivity contribution is 0.200. The third-order valence-electron chi connectivity index (χ3n) is 1.31. The summed E-state index contributed by atoms with van der Waals surface area (Å²) in [5, 5.41) is 1.06. The maximum atomic E-state index is 4.99. The topological polar surface area (TPSA) is 35.0 Å². The van der Waals surface area contributed by atoms with Gasteiger partial charge in [-0.15, -0.1) is 0 Å². The molecule has 0 aliphatic rings. The Bertz CT molecular complexity index is 241. The quantitative estimate of drug-likeness (QED) is 0.765. The SMILES string of the molecule is COCC(Br)Cc1nc(C)ns1. The molecule has 0 amide bonds. The molecule has 1 unspecified atom stereocenters. The summed E-state index contributed by atoms with van der Waals surface area (Å²) in [6.07, 6.45) is 0.888. The van der Waals surface area contributed by atoms with Crippen LogP contribution < -0.4 is 0 Å². The lowest BCUT2D eigenvalue weighted by atomic mass is 10.3. The van der Waals surface area contributed by atoms with Crippen LogP contribution in [0.5, 0.6) is 0 Å². The maximum Gasteiger partial charge on any atom is 0.139 e. The van der Waals surface area contributed by atoms with Gasteiger partial charge in [0, 0.05) is 18.4 Å². The van der Waals surface area contributed by atoms with E-state index in [1.54, 1.807) is 7.11 Å². The van der Waals surface area contributed by atoms with Crippen molar-refractivity contribution in [3.63, 3.8) is 0 Å². The average Bonchev–Trinajstić information content (AvgIpc) is 2.36. The standard InChI is InChI=1S/C7H11BrN2OS/c1-5-9-7(12-10-5)3-6(8)4-11-2/h6H,3-4H2,1-2H3. The minimum absolute atomic E-state index is 0.342. The van der Waals surface area contributed by atoms with E-state index in [1.165, 1.54) is 11.5 Å². The van der Waals surface area contributed by atoms with Crippen molar-refractivity contribution in [2.24, 2.45) is 0 Å². The van der Waals surface area contributed by atoms with Gasteiger partial charge in [0.25, 0.3) is 0 Å². The first-order valence-corrected chi connectivity index (χ1v) is 5.33. The van der Waals surface area contributed by atoms with Crippen LogP contribution in [0.15, 0.2) is 0 Å². The van der Waals surface area contributed by atoms with Crippen molar-refractivity contribution in [3.05, 3.63) is 10.8 Å². The summed E-state index contributed by atoms with van der Waals surface area (Å²) in [5.74, 6) is 0.854. The summed E-state index contributed by atoms with van der Waals surface area (Å²) < 4.78 is 9.09. The summed E-state index contributed by atoms with van der Waals surface area (Å²) in [5.41, 5.74) is 0. The molecule has 0 saturated heterocycles. The van der Waals surface area contributed by atoms with Crippen molar-refractivity contribution in [1.82, 2.24) is 9.36 Å². The fourth-order valence-electron chi connectivity index (χ4n) is 0.852. The monoisotopic (exact) mass is 250 g/mol. The molecular formula is C7H11BrN2OS. The predicted molar refractivity (Wildman–Crippen MR) is 52.9 cm³/mol. The van der Waals surface area contributed by atoms with Crippen LogP contribution in [0.4, 0.5) is 0 Å². The fourth-order valence-corrected chi connectivity index (χ4v) is 2.36. The zero-order chi connectivity index (χ0) is 8.97. The summed E-state index contributed by atoms with van der Waals surface area (Å²) in [4.78, 5) is 4.60. The highest BCUT2D eigenvalue weighted by molar-refractivity contribution is 9.09. The van der Waals surface area contributed by atoms with E-state index >= 15 is 0 Å². The Morgan fingerprint density at radius 1 is 1.67 bits per heavy atom. The number of aromatic nitrogens is 2. The van der Waals surface area contributed by atoms with Crippen LogP contribution in [-0.2, 0) is 11.2 Å². The molecule has 1 rings (SSSR count). The van der Waals surface area contributed by atoms with Crippen LogP contribution in [0.3, 0.4) is 0 Å². The van der Waals surface area contributed by atoms with Gasteiger partial charge >= 0.3 is 0 Å². The molecule has 0 aliphatic heterocycles. The molecule has 0 aliphatic carbocycles. The predicted octanol–water partition coefficient (Wildman–Crippen LogP) is 1.80. The van der Waals surface area contributed by atoms with Crippen LogP contribution in [-0.4, -0.2) is 27.9 Å². The second-order valence-corrected chi connectivity index (χ2v) is 4.62. The van der Waals surface area contributed by atoms with Crippen molar-refractivity contribution >= 4 is 27.5 Å². The molecule has 1 aromatic rings. The summed E-state index contributed by atoms with van der Waals surface area (Å²) in [6.45, 7) is 2.61. The van der Waals surface area contributed by atoms with E-state index in [0.717, 1.165) is 17.3 Å². The van der Waals surface area contributed by atoms with E-state index in [2.05, 4.69) is 25.3 Å². The Labute approximate surface area is 84.5 Å². The Morgan fingerprint density at radius 2 is 2.42 bits per heavy atom. The average molecular weight is 251 g/mol. The number of ether oxygens (including phenoxy) is 1. The Balaban J connectivity index is 2.41. The largest absolute Gasteiger partial charge is 0.384 e. The van der Waals surface area contributed by atoms with Gasteiger partial charge in [0.05, 0.1) is 6.61 Å². The molecule has 1 heterocycles. The molecule has 0 spiro atoms. The first-order valence-electron chi connectivity index (χ1n) is 3.64. The smallest absolute Gasteiger partial charge is 0.139 e. The Kier molecular flexibility index (Phi) is 4.11. The van der Waals surface area contributed by atoms with Gasteiger partial charge in [0.15, 0.2) is 0 Å². The Hall–Kier alpha value is -0.0000000000000000278. The van der Waals surface area contributed by atoms with Gasteiger partial charge in [-0.25, -0.2) is 4.98 Å². The number of alkyl halides is 1. The van der Waals surface area contributed by atoms with Gasteiger partial charge in [-0.1, -0.05) is 15.9 Å². The molecule has 0 aromatic carbocycles. The van der Waals surface area contributed by atoms with Crippen molar-refractivity contribution in [1.29, 1.82) is 0 Å². The molecule has 5 heteroatoms. The number of nitrogens with zero attached hydrogens (tertiary/aromatic N) is 2. The van der Waals surface area contributed by atoms with Crippen LogP contribution >= 0.6 is 27.5 Å². The lowest BCUT2D eigenvalue weighted by Crippen LogP contribution is -2.09.